The van der Waals surface area contributed by atoms with E-state index in [0.29, 0.717) is 13.1 Å². The lowest BCUT2D eigenvalue weighted by molar-refractivity contribution is 0.0684. The number of aromatic carboxylic acids is 1. The number of aryl methyl sites for hydroxylation is 1. The maximum Gasteiger partial charge on any atom is 0.352 e. The molecule has 2 heterocycles. The van der Waals surface area contributed by atoms with E-state index in [1.165, 1.54) is 17.0 Å². The van der Waals surface area contributed by atoms with Gasteiger partial charge in [-0.1, -0.05) is 30.3 Å². The van der Waals surface area contributed by atoms with Gasteiger partial charge in [0, 0.05) is 41.0 Å². The molecule has 4 nitrogen and oxygen atoms in total. The van der Waals surface area contributed by atoms with Crippen LogP contribution in [0.5, 0.6) is 0 Å². The second kappa shape index (κ2) is 8.81. The molecule has 2 aromatic carbocycles. The van der Waals surface area contributed by atoms with Crippen LogP contribution in [0.2, 0.25) is 0 Å². The number of aromatic nitrogens is 1. The van der Waals surface area contributed by atoms with Crippen LogP contribution in [0.3, 0.4) is 0 Å². The molecule has 0 fully saturated rings. The molecule has 0 saturated carbocycles. The lowest BCUT2D eigenvalue weighted by Gasteiger charge is -2.10. The van der Waals surface area contributed by atoms with Gasteiger partial charge in [0.05, 0.1) is 0 Å². The summed E-state index contributed by atoms with van der Waals surface area (Å²) in [4.78, 5) is 13.6. The minimum Gasteiger partial charge on any atom is -0.477 e. The minimum atomic E-state index is -0.957. The molecule has 0 unspecified atom stereocenters. The van der Waals surface area contributed by atoms with Crippen LogP contribution >= 0.6 is 11.3 Å². The summed E-state index contributed by atoms with van der Waals surface area (Å²) in [5, 5.41) is 16.4. The standard InChI is InChI=1S/C24H23FN2O2S/c1-16-4-9-20-21(14-26-11-10-19-3-2-12-30-19)23(24(28)29)27(22(20)13-16)15-17-5-7-18(25)8-6-17/h2-9,12-13,26H,10-11,14-15H2,1H3,(H,28,29). The maximum atomic E-state index is 13.3. The third-order valence-corrected chi connectivity index (χ3v) is 6.15. The average molecular weight is 423 g/mol. The van der Waals surface area contributed by atoms with Gasteiger partial charge in [-0.05, 0) is 54.1 Å². The zero-order valence-electron chi connectivity index (χ0n) is 16.7. The largest absolute Gasteiger partial charge is 0.477 e. The normalized spacial score (nSPS) is 11.3. The van der Waals surface area contributed by atoms with Crippen molar-refractivity contribution in [2.75, 3.05) is 6.54 Å². The van der Waals surface area contributed by atoms with Crippen LogP contribution in [-0.4, -0.2) is 22.2 Å². The van der Waals surface area contributed by atoms with Crippen LogP contribution in [0, 0.1) is 12.7 Å². The lowest BCUT2D eigenvalue weighted by Crippen LogP contribution is -2.19. The molecule has 0 amide bonds. The highest BCUT2D eigenvalue weighted by atomic mass is 32.1. The fraction of sp³-hybridized carbons (Fsp3) is 0.208. The first-order valence-corrected chi connectivity index (χ1v) is 10.7. The summed E-state index contributed by atoms with van der Waals surface area (Å²) in [5.74, 6) is -1.26. The molecule has 2 N–H and O–H groups in total. The van der Waals surface area contributed by atoms with Crippen molar-refractivity contribution in [1.82, 2.24) is 9.88 Å². The molecule has 0 aliphatic rings. The van der Waals surface area contributed by atoms with E-state index in [1.54, 1.807) is 23.5 Å². The number of thiophene rings is 1. The molecule has 30 heavy (non-hydrogen) atoms. The first-order chi connectivity index (χ1) is 14.5. The third kappa shape index (κ3) is 4.30. The van der Waals surface area contributed by atoms with Crippen LogP contribution in [-0.2, 0) is 19.5 Å². The second-order valence-corrected chi connectivity index (χ2v) is 8.40. The molecule has 0 saturated heterocycles. The zero-order chi connectivity index (χ0) is 21.1. The smallest absolute Gasteiger partial charge is 0.352 e. The maximum absolute atomic E-state index is 13.3. The third-order valence-electron chi connectivity index (χ3n) is 5.21. The van der Waals surface area contributed by atoms with Gasteiger partial charge in [0.15, 0.2) is 0 Å². The van der Waals surface area contributed by atoms with Gasteiger partial charge in [0.2, 0.25) is 0 Å². The van der Waals surface area contributed by atoms with E-state index >= 15 is 0 Å². The van der Waals surface area contributed by atoms with Gasteiger partial charge < -0.3 is 15.0 Å². The Morgan fingerprint density at radius 2 is 1.97 bits per heavy atom. The molecule has 0 radical (unpaired) electrons. The van der Waals surface area contributed by atoms with Crippen molar-refractivity contribution in [3.05, 3.63) is 93.1 Å². The molecular weight excluding hydrogens is 399 g/mol. The number of hydrogen-bond acceptors (Lipinski definition) is 3. The fourth-order valence-corrected chi connectivity index (χ4v) is 4.48. The molecule has 2 aromatic heterocycles. The minimum absolute atomic E-state index is 0.281. The summed E-state index contributed by atoms with van der Waals surface area (Å²) in [6.45, 7) is 3.62. The summed E-state index contributed by atoms with van der Waals surface area (Å²) in [6.07, 6.45) is 0.910. The predicted octanol–water partition coefficient (Wildman–Crippen LogP) is 5.23. The van der Waals surface area contributed by atoms with Crippen molar-refractivity contribution < 1.29 is 14.3 Å². The number of nitrogens with one attached hydrogen (secondary N) is 1. The van der Waals surface area contributed by atoms with Crippen LogP contribution in [0.25, 0.3) is 10.9 Å². The highest BCUT2D eigenvalue weighted by Gasteiger charge is 2.22. The lowest BCUT2D eigenvalue weighted by atomic mass is 10.1. The van der Waals surface area contributed by atoms with Crippen LogP contribution in [0.15, 0.2) is 60.0 Å². The van der Waals surface area contributed by atoms with Crippen molar-refractivity contribution in [1.29, 1.82) is 0 Å². The Morgan fingerprint density at radius 1 is 1.17 bits per heavy atom. The van der Waals surface area contributed by atoms with E-state index in [0.717, 1.165) is 40.6 Å². The summed E-state index contributed by atoms with van der Waals surface area (Å²) in [6, 6.07) is 16.4. The molecular formula is C24H23FN2O2S. The summed E-state index contributed by atoms with van der Waals surface area (Å²) < 4.78 is 15.1. The molecule has 4 aromatic rings. The van der Waals surface area contributed by atoms with Crippen molar-refractivity contribution in [2.45, 2.75) is 26.4 Å². The number of carboxylic acids is 1. The van der Waals surface area contributed by atoms with E-state index in [4.69, 9.17) is 0 Å². The van der Waals surface area contributed by atoms with E-state index in [-0.39, 0.29) is 11.5 Å². The van der Waals surface area contributed by atoms with Gasteiger partial charge in [-0.15, -0.1) is 11.3 Å². The van der Waals surface area contributed by atoms with Crippen molar-refractivity contribution >= 4 is 28.2 Å². The van der Waals surface area contributed by atoms with Gasteiger partial charge in [-0.3, -0.25) is 0 Å². The molecule has 0 atom stereocenters. The summed E-state index contributed by atoms with van der Waals surface area (Å²) in [5.41, 5.74) is 3.87. The first-order valence-electron chi connectivity index (χ1n) is 9.85. The molecule has 154 valence electrons. The van der Waals surface area contributed by atoms with Crippen molar-refractivity contribution in [3.8, 4) is 0 Å². The predicted molar refractivity (Wildman–Crippen MR) is 119 cm³/mol. The quantitative estimate of drug-likeness (QED) is 0.382. The summed E-state index contributed by atoms with van der Waals surface area (Å²) >= 11 is 1.72. The number of fused-ring (bicyclic) bond motifs is 1. The van der Waals surface area contributed by atoms with Crippen LogP contribution in [0.1, 0.15) is 32.1 Å². The number of carbonyl (C=O) groups is 1. The van der Waals surface area contributed by atoms with Gasteiger partial charge in [0.1, 0.15) is 11.5 Å². The Balaban J connectivity index is 1.68. The Hall–Kier alpha value is -2.96. The SMILES string of the molecule is Cc1ccc2c(CNCCc3cccs3)c(C(=O)O)n(Cc3ccc(F)cc3)c2c1. The summed E-state index contributed by atoms with van der Waals surface area (Å²) in [7, 11) is 0. The Morgan fingerprint density at radius 3 is 2.67 bits per heavy atom. The Bertz CT molecular complexity index is 1160. The monoisotopic (exact) mass is 422 g/mol. The zero-order valence-corrected chi connectivity index (χ0v) is 17.5. The van der Waals surface area contributed by atoms with E-state index in [2.05, 4.69) is 16.8 Å². The molecule has 0 bridgehead atoms. The van der Waals surface area contributed by atoms with Crippen LogP contribution < -0.4 is 5.32 Å². The van der Waals surface area contributed by atoms with E-state index < -0.39 is 5.97 Å². The number of hydrogen-bond donors (Lipinski definition) is 2. The number of rotatable bonds is 8. The fourth-order valence-electron chi connectivity index (χ4n) is 3.77. The highest BCUT2D eigenvalue weighted by molar-refractivity contribution is 7.09. The molecule has 0 spiro atoms. The molecule has 4 rings (SSSR count). The second-order valence-electron chi connectivity index (χ2n) is 7.37. The van der Waals surface area contributed by atoms with Crippen molar-refractivity contribution in [2.24, 2.45) is 0 Å². The number of halogens is 1. The van der Waals surface area contributed by atoms with E-state index in [9.17, 15) is 14.3 Å². The molecule has 6 heteroatoms. The Kier molecular flexibility index (Phi) is 5.97. The van der Waals surface area contributed by atoms with Gasteiger partial charge >= 0.3 is 5.97 Å². The van der Waals surface area contributed by atoms with E-state index in [1.807, 2.05) is 35.8 Å². The van der Waals surface area contributed by atoms with Crippen LogP contribution in [0.4, 0.5) is 4.39 Å². The first kappa shape index (κ1) is 20.3. The number of nitrogens with zero attached hydrogens (tertiary/aromatic N) is 1. The number of carboxylic acid groups (broad SMARTS) is 1. The van der Waals surface area contributed by atoms with Gasteiger partial charge in [-0.25, -0.2) is 9.18 Å². The Labute approximate surface area is 178 Å². The topological polar surface area (TPSA) is 54.3 Å². The van der Waals surface area contributed by atoms with Gasteiger partial charge in [0.25, 0.3) is 0 Å². The highest BCUT2D eigenvalue weighted by Crippen LogP contribution is 2.28. The number of benzene rings is 2. The molecule has 0 aliphatic carbocycles. The molecule has 0 aliphatic heterocycles. The van der Waals surface area contributed by atoms with Crippen molar-refractivity contribution in [3.63, 3.8) is 0 Å². The van der Waals surface area contributed by atoms with Gasteiger partial charge in [-0.2, -0.15) is 0 Å². The average Bonchev–Trinajstić information content (AvgIpc) is 3.33.